The van der Waals surface area contributed by atoms with Crippen molar-refractivity contribution in [2.75, 3.05) is 16.3 Å². The molecule has 2 heterocycles. The van der Waals surface area contributed by atoms with E-state index in [0.29, 0.717) is 0 Å². The highest BCUT2D eigenvalue weighted by molar-refractivity contribution is 9.10. The van der Waals surface area contributed by atoms with Gasteiger partial charge in [0, 0.05) is 16.4 Å². The van der Waals surface area contributed by atoms with Gasteiger partial charge in [-0.05, 0) is 24.3 Å². The number of aromatic nitrogens is 4. The van der Waals surface area contributed by atoms with Crippen molar-refractivity contribution in [3.05, 3.63) is 47.0 Å². The van der Waals surface area contributed by atoms with E-state index in [1.807, 2.05) is 24.3 Å². The number of hydrogen-bond acceptors (Lipinski definition) is 7. The molecule has 0 aliphatic carbocycles. The first kappa shape index (κ1) is 17.5. The molecule has 0 saturated carbocycles. The lowest BCUT2D eigenvalue weighted by Gasteiger charge is -2.01. The van der Waals surface area contributed by atoms with E-state index >= 15 is 0 Å². The number of sulfonamides is 1. The van der Waals surface area contributed by atoms with Gasteiger partial charge < -0.3 is 4.57 Å². The Bertz CT molecular complexity index is 1010. The summed E-state index contributed by atoms with van der Waals surface area (Å²) in [6.07, 6.45) is 4.10. The minimum Gasteiger partial charge on any atom is -0.305 e. The molecule has 130 valence electrons. The summed E-state index contributed by atoms with van der Waals surface area (Å²) in [7, 11) is -3.45. The van der Waals surface area contributed by atoms with Crippen molar-refractivity contribution in [1.29, 1.82) is 0 Å². The zero-order valence-corrected chi connectivity index (χ0v) is 15.9. The van der Waals surface area contributed by atoms with Crippen molar-refractivity contribution in [3.8, 4) is 5.69 Å². The number of anilines is 2. The molecule has 0 unspecified atom stereocenters. The average Bonchev–Trinajstić information content (AvgIpc) is 3.16. The molecule has 12 heteroatoms. The molecule has 0 saturated heterocycles. The predicted octanol–water partition coefficient (Wildman–Crippen LogP) is 2.11. The molecule has 0 spiro atoms. The fraction of sp³-hybridized carbons (Fsp3) is 0.0769. The van der Waals surface area contributed by atoms with Gasteiger partial charge in [-0.2, -0.15) is 0 Å². The van der Waals surface area contributed by atoms with E-state index in [1.165, 1.54) is 6.33 Å². The second-order valence-electron chi connectivity index (χ2n) is 4.88. The molecule has 2 aromatic heterocycles. The SMILES string of the molecule is CS(=O)(=O)Nc1nnc(NC(=O)c2cn(-c3ccc(Br)cc3)cn2)s1. The van der Waals surface area contributed by atoms with Gasteiger partial charge in [-0.1, -0.05) is 27.3 Å². The van der Waals surface area contributed by atoms with Gasteiger partial charge >= 0.3 is 0 Å². The number of imidazole rings is 1. The molecule has 0 aliphatic heterocycles. The van der Waals surface area contributed by atoms with Gasteiger partial charge in [0.15, 0.2) is 0 Å². The fourth-order valence-electron chi connectivity index (χ4n) is 1.83. The van der Waals surface area contributed by atoms with Crippen LogP contribution in [0.1, 0.15) is 10.5 Å². The summed E-state index contributed by atoms with van der Waals surface area (Å²) in [5.41, 5.74) is 1.04. The topological polar surface area (TPSA) is 119 Å². The Kier molecular flexibility index (Phi) is 4.83. The summed E-state index contributed by atoms with van der Waals surface area (Å²) in [4.78, 5) is 16.3. The summed E-state index contributed by atoms with van der Waals surface area (Å²) >= 11 is 4.26. The van der Waals surface area contributed by atoms with Crippen LogP contribution >= 0.6 is 27.3 Å². The normalized spacial score (nSPS) is 11.3. The minimum atomic E-state index is -3.45. The van der Waals surface area contributed by atoms with Gasteiger partial charge in [-0.25, -0.2) is 13.4 Å². The van der Waals surface area contributed by atoms with Crippen molar-refractivity contribution in [2.45, 2.75) is 0 Å². The Labute approximate surface area is 155 Å². The third-order valence-corrected chi connectivity index (χ3v) is 4.83. The van der Waals surface area contributed by atoms with E-state index in [4.69, 9.17) is 0 Å². The van der Waals surface area contributed by atoms with Crippen LogP contribution in [0.2, 0.25) is 0 Å². The third kappa shape index (κ3) is 4.61. The van der Waals surface area contributed by atoms with Crippen LogP contribution in [0.15, 0.2) is 41.3 Å². The highest BCUT2D eigenvalue weighted by atomic mass is 79.9. The Morgan fingerprint density at radius 2 is 1.88 bits per heavy atom. The van der Waals surface area contributed by atoms with Gasteiger partial charge in [0.2, 0.25) is 20.3 Å². The molecule has 0 fully saturated rings. The highest BCUT2D eigenvalue weighted by Crippen LogP contribution is 2.21. The number of amides is 1. The Morgan fingerprint density at radius 1 is 1.20 bits per heavy atom. The summed E-state index contributed by atoms with van der Waals surface area (Å²) in [6, 6.07) is 7.52. The van der Waals surface area contributed by atoms with E-state index in [9.17, 15) is 13.2 Å². The lowest BCUT2D eigenvalue weighted by atomic mass is 10.3. The molecular weight excluding hydrogens is 432 g/mol. The van der Waals surface area contributed by atoms with Crippen molar-refractivity contribution < 1.29 is 13.2 Å². The van der Waals surface area contributed by atoms with Crippen molar-refractivity contribution >= 4 is 53.5 Å². The number of nitrogens with one attached hydrogen (secondary N) is 2. The van der Waals surface area contributed by atoms with Crippen LogP contribution < -0.4 is 10.0 Å². The van der Waals surface area contributed by atoms with Crippen LogP contribution in [0.5, 0.6) is 0 Å². The van der Waals surface area contributed by atoms with Gasteiger partial charge in [0.25, 0.3) is 5.91 Å². The molecule has 3 aromatic rings. The van der Waals surface area contributed by atoms with E-state index < -0.39 is 15.9 Å². The average molecular weight is 443 g/mol. The van der Waals surface area contributed by atoms with E-state index in [-0.39, 0.29) is 16.0 Å². The first-order valence-electron chi connectivity index (χ1n) is 6.73. The van der Waals surface area contributed by atoms with E-state index in [2.05, 4.69) is 41.2 Å². The quantitative estimate of drug-likeness (QED) is 0.624. The lowest BCUT2D eigenvalue weighted by Crippen LogP contribution is -2.12. The minimum absolute atomic E-state index is 0.0678. The maximum absolute atomic E-state index is 12.2. The summed E-state index contributed by atoms with van der Waals surface area (Å²) in [5, 5.41) is 10.1. The van der Waals surface area contributed by atoms with Crippen LogP contribution in [0.4, 0.5) is 10.3 Å². The number of benzene rings is 1. The molecule has 1 amide bonds. The Morgan fingerprint density at radius 3 is 2.56 bits per heavy atom. The van der Waals surface area contributed by atoms with Crippen LogP contribution in [-0.2, 0) is 10.0 Å². The molecule has 0 bridgehead atoms. The molecule has 9 nitrogen and oxygen atoms in total. The number of hydrogen-bond donors (Lipinski definition) is 2. The summed E-state index contributed by atoms with van der Waals surface area (Å²) in [6.45, 7) is 0. The second kappa shape index (κ2) is 6.90. The Balaban J connectivity index is 1.71. The van der Waals surface area contributed by atoms with E-state index in [0.717, 1.165) is 27.8 Å². The van der Waals surface area contributed by atoms with Gasteiger partial charge in [0.05, 0.1) is 6.26 Å². The predicted molar refractivity (Wildman–Crippen MR) is 97.6 cm³/mol. The van der Waals surface area contributed by atoms with Crippen molar-refractivity contribution in [3.63, 3.8) is 0 Å². The molecule has 1 aromatic carbocycles. The van der Waals surface area contributed by atoms with Crippen molar-refractivity contribution in [1.82, 2.24) is 19.7 Å². The van der Waals surface area contributed by atoms with Gasteiger partial charge in [-0.3, -0.25) is 14.8 Å². The van der Waals surface area contributed by atoms with Crippen LogP contribution in [-0.4, -0.2) is 40.3 Å². The smallest absolute Gasteiger partial charge is 0.277 e. The molecule has 25 heavy (non-hydrogen) atoms. The largest absolute Gasteiger partial charge is 0.305 e. The first-order valence-corrected chi connectivity index (χ1v) is 10.2. The number of nitrogens with zero attached hydrogens (tertiary/aromatic N) is 4. The zero-order valence-electron chi connectivity index (χ0n) is 12.7. The van der Waals surface area contributed by atoms with E-state index in [1.54, 1.807) is 10.8 Å². The van der Waals surface area contributed by atoms with Crippen LogP contribution in [0, 0.1) is 0 Å². The summed E-state index contributed by atoms with van der Waals surface area (Å²) < 4.78 is 27.1. The van der Waals surface area contributed by atoms with Crippen molar-refractivity contribution in [2.24, 2.45) is 0 Å². The van der Waals surface area contributed by atoms with Gasteiger partial charge in [0.1, 0.15) is 12.0 Å². The van der Waals surface area contributed by atoms with Crippen LogP contribution in [0.25, 0.3) is 5.69 Å². The number of carbonyl (C=O) groups excluding carboxylic acids is 1. The van der Waals surface area contributed by atoms with Crippen LogP contribution in [0.3, 0.4) is 0 Å². The molecule has 0 radical (unpaired) electrons. The lowest BCUT2D eigenvalue weighted by molar-refractivity contribution is 0.102. The molecular formula is C13H11BrN6O3S2. The fourth-order valence-corrected chi connectivity index (χ4v) is 3.56. The first-order chi connectivity index (χ1) is 11.8. The summed E-state index contributed by atoms with van der Waals surface area (Å²) in [5.74, 6) is -0.474. The molecule has 3 rings (SSSR count). The zero-order chi connectivity index (χ0) is 18.0. The maximum Gasteiger partial charge on any atom is 0.277 e. The monoisotopic (exact) mass is 442 g/mol. The maximum atomic E-state index is 12.2. The standard InChI is InChI=1S/C13H11BrN6O3S2/c1-25(22,23)19-13-18-17-12(24-13)16-11(21)10-6-20(7-15-10)9-4-2-8(14)3-5-9/h2-7H,1H3,(H,18,19)(H,16,17,21). The highest BCUT2D eigenvalue weighted by Gasteiger charge is 2.14. The third-order valence-electron chi connectivity index (χ3n) is 2.86. The number of rotatable bonds is 5. The molecule has 2 N–H and O–H groups in total. The second-order valence-corrected chi connectivity index (χ2v) is 8.52. The van der Waals surface area contributed by atoms with Gasteiger partial charge in [-0.15, -0.1) is 10.2 Å². The molecule has 0 aliphatic rings. The Hall–Kier alpha value is -2.31. The molecule has 0 atom stereocenters. The number of halogens is 1. The number of carbonyl (C=O) groups is 1.